The number of nitrogens with zero attached hydrogens (tertiary/aromatic N) is 4. The SMILES string of the molecule is Cc1cn(C)nc1C(=O)Nc1nc2ccncc2[nH]1. The highest BCUT2D eigenvalue weighted by molar-refractivity contribution is 6.03. The molecule has 2 N–H and O–H groups in total. The number of H-pyrrole nitrogens is 1. The van der Waals surface area contributed by atoms with E-state index in [1.54, 1.807) is 36.4 Å². The van der Waals surface area contributed by atoms with Gasteiger partial charge in [0.15, 0.2) is 5.69 Å². The van der Waals surface area contributed by atoms with Gasteiger partial charge in [0.05, 0.1) is 17.2 Å². The van der Waals surface area contributed by atoms with Crippen molar-refractivity contribution in [2.24, 2.45) is 7.05 Å². The first kappa shape index (κ1) is 11.4. The summed E-state index contributed by atoms with van der Waals surface area (Å²) < 4.78 is 1.60. The lowest BCUT2D eigenvalue weighted by Crippen LogP contribution is -2.15. The van der Waals surface area contributed by atoms with Crippen molar-refractivity contribution in [3.63, 3.8) is 0 Å². The average molecular weight is 256 g/mol. The molecular formula is C12H12N6O. The summed E-state index contributed by atoms with van der Waals surface area (Å²) in [7, 11) is 1.77. The fourth-order valence-corrected chi connectivity index (χ4v) is 1.91. The molecule has 0 atom stereocenters. The van der Waals surface area contributed by atoms with Crippen LogP contribution in [0.15, 0.2) is 24.7 Å². The van der Waals surface area contributed by atoms with E-state index >= 15 is 0 Å². The number of hydrogen-bond donors (Lipinski definition) is 2. The van der Waals surface area contributed by atoms with Gasteiger partial charge in [-0.15, -0.1) is 0 Å². The molecule has 3 rings (SSSR count). The second-order valence-electron chi connectivity index (χ2n) is 4.27. The Hall–Kier alpha value is -2.70. The molecule has 1 amide bonds. The Balaban J connectivity index is 1.88. The van der Waals surface area contributed by atoms with Crippen LogP contribution in [-0.4, -0.2) is 30.6 Å². The molecule has 0 unspecified atom stereocenters. The molecule has 0 bridgehead atoms. The number of fused-ring (bicyclic) bond motifs is 1. The lowest BCUT2D eigenvalue weighted by molar-refractivity contribution is 0.102. The molecule has 0 saturated heterocycles. The second kappa shape index (κ2) is 4.20. The van der Waals surface area contributed by atoms with E-state index < -0.39 is 0 Å². The maximum absolute atomic E-state index is 12.1. The van der Waals surface area contributed by atoms with E-state index in [1.165, 1.54) is 0 Å². The first-order valence-corrected chi connectivity index (χ1v) is 5.75. The maximum atomic E-state index is 12.1. The number of rotatable bonds is 2. The van der Waals surface area contributed by atoms with E-state index in [-0.39, 0.29) is 5.91 Å². The van der Waals surface area contributed by atoms with Gasteiger partial charge in [-0.1, -0.05) is 0 Å². The van der Waals surface area contributed by atoms with Crippen LogP contribution in [0.5, 0.6) is 0 Å². The third kappa shape index (κ3) is 2.05. The summed E-state index contributed by atoms with van der Waals surface area (Å²) >= 11 is 0. The highest BCUT2D eigenvalue weighted by atomic mass is 16.2. The Morgan fingerprint density at radius 3 is 3.00 bits per heavy atom. The van der Waals surface area contributed by atoms with Crippen molar-refractivity contribution in [3.8, 4) is 0 Å². The molecule has 3 heterocycles. The van der Waals surface area contributed by atoms with Crippen molar-refractivity contribution in [2.75, 3.05) is 5.32 Å². The number of carbonyl (C=O) groups is 1. The minimum absolute atomic E-state index is 0.287. The molecule has 3 aromatic heterocycles. The topological polar surface area (TPSA) is 88.5 Å². The number of aromatic amines is 1. The molecule has 0 aromatic carbocycles. The monoisotopic (exact) mass is 256 g/mol. The molecule has 7 heteroatoms. The zero-order chi connectivity index (χ0) is 13.4. The van der Waals surface area contributed by atoms with Crippen LogP contribution in [-0.2, 0) is 7.05 Å². The van der Waals surface area contributed by atoms with E-state index in [1.807, 2.05) is 6.92 Å². The number of aryl methyl sites for hydroxylation is 2. The molecule has 0 aliphatic carbocycles. The van der Waals surface area contributed by atoms with Crippen molar-refractivity contribution in [2.45, 2.75) is 6.92 Å². The van der Waals surface area contributed by atoms with Crippen LogP contribution in [0.4, 0.5) is 5.95 Å². The van der Waals surface area contributed by atoms with Crippen LogP contribution in [0.25, 0.3) is 11.0 Å². The third-order valence-electron chi connectivity index (χ3n) is 2.74. The average Bonchev–Trinajstić information content (AvgIpc) is 2.91. The fourth-order valence-electron chi connectivity index (χ4n) is 1.91. The molecular weight excluding hydrogens is 244 g/mol. The van der Waals surface area contributed by atoms with Crippen LogP contribution in [0.1, 0.15) is 16.1 Å². The van der Waals surface area contributed by atoms with Gasteiger partial charge in [-0.05, 0) is 13.0 Å². The van der Waals surface area contributed by atoms with Gasteiger partial charge in [0.25, 0.3) is 5.91 Å². The van der Waals surface area contributed by atoms with Gasteiger partial charge in [0, 0.05) is 25.0 Å². The number of aromatic nitrogens is 5. The van der Waals surface area contributed by atoms with Gasteiger partial charge in [-0.2, -0.15) is 5.10 Å². The van der Waals surface area contributed by atoms with Crippen LogP contribution in [0, 0.1) is 6.92 Å². The number of anilines is 1. The molecule has 0 radical (unpaired) electrons. The van der Waals surface area contributed by atoms with Gasteiger partial charge in [0.1, 0.15) is 0 Å². The first-order valence-electron chi connectivity index (χ1n) is 5.75. The number of nitrogens with one attached hydrogen (secondary N) is 2. The summed E-state index contributed by atoms with van der Waals surface area (Å²) in [6, 6.07) is 1.77. The maximum Gasteiger partial charge on any atom is 0.278 e. The summed E-state index contributed by atoms with van der Waals surface area (Å²) in [5.41, 5.74) is 2.73. The molecule has 3 aromatic rings. The predicted molar refractivity (Wildman–Crippen MR) is 69.8 cm³/mol. The predicted octanol–water partition coefficient (Wildman–Crippen LogP) is 1.25. The van der Waals surface area contributed by atoms with E-state index in [0.717, 1.165) is 16.6 Å². The molecule has 19 heavy (non-hydrogen) atoms. The van der Waals surface area contributed by atoms with E-state index in [4.69, 9.17) is 0 Å². The van der Waals surface area contributed by atoms with Gasteiger partial charge in [-0.3, -0.25) is 19.8 Å². The number of pyridine rings is 1. The summed E-state index contributed by atoms with van der Waals surface area (Å²) in [6.45, 7) is 1.84. The van der Waals surface area contributed by atoms with Crippen LogP contribution < -0.4 is 5.32 Å². The second-order valence-corrected chi connectivity index (χ2v) is 4.27. The Kier molecular flexibility index (Phi) is 2.52. The summed E-state index contributed by atoms with van der Waals surface area (Å²) in [5.74, 6) is 0.100. The summed E-state index contributed by atoms with van der Waals surface area (Å²) in [6.07, 6.45) is 5.10. The fraction of sp³-hybridized carbons (Fsp3) is 0.167. The van der Waals surface area contributed by atoms with E-state index in [0.29, 0.717) is 11.6 Å². The zero-order valence-electron chi connectivity index (χ0n) is 10.5. The summed E-state index contributed by atoms with van der Waals surface area (Å²) in [5, 5.41) is 6.80. The quantitative estimate of drug-likeness (QED) is 0.722. The van der Waals surface area contributed by atoms with Gasteiger partial charge >= 0.3 is 0 Å². The van der Waals surface area contributed by atoms with Crippen molar-refractivity contribution < 1.29 is 4.79 Å². The minimum Gasteiger partial charge on any atom is -0.323 e. The number of amides is 1. The molecule has 0 saturated carbocycles. The van der Waals surface area contributed by atoms with Crippen LogP contribution in [0.3, 0.4) is 0 Å². The smallest absolute Gasteiger partial charge is 0.278 e. The Labute approximate surface area is 108 Å². The zero-order valence-corrected chi connectivity index (χ0v) is 10.5. The number of hydrogen-bond acceptors (Lipinski definition) is 4. The number of imidazole rings is 1. The largest absolute Gasteiger partial charge is 0.323 e. The van der Waals surface area contributed by atoms with Crippen LogP contribution in [0.2, 0.25) is 0 Å². The van der Waals surface area contributed by atoms with E-state index in [2.05, 4.69) is 25.4 Å². The van der Waals surface area contributed by atoms with Gasteiger partial charge < -0.3 is 4.98 Å². The minimum atomic E-state index is -0.287. The highest BCUT2D eigenvalue weighted by Gasteiger charge is 2.14. The number of carbonyl (C=O) groups excluding carboxylic acids is 1. The molecule has 0 fully saturated rings. The van der Waals surface area contributed by atoms with Crippen molar-refractivity contribution in [3.05, 3.63) is 35.9 Å². The van der Waals surface area contributed by atoms with Gasteiger partial charge in [0.2, 0.25) is 5.95 Å². The molecule has 0 spiro atoms. The van der Waals surface area contributed by atoms with Crippen molar-refractivity contribution in [1.82, 2.24) is 24.7 Å². The normalized spacial score (nSPS) is 10.8. The lowest BCUT2D eigenvalue weighted by atomic mass is 10.3. The summed E-state index contributed by atoms with van der Waals surface area (Å²) in [4.78, 5) is 23.3. The molecule has 0 aliphatic rings. The Morgan fingerprint density at radius 1 is 1.47 bits per heavy atom. The molecule has 7 nitrogen and oxygen atoms in total. The molecule has 0 aliphatic heterocycles. The lowest BCUT2D eigenvalue weighted by Gasteiger charge is -1.98. The van der Waals surface area contributed by atoms with E-state index in [9.17, 15) is 4.79 Å². The third-order valence-corrected chi connectivity index (χ3v) is 2.74. The van der Waals surface area contributed by atoms with Crippen LogP contribution >= 0.6 is 0 Å². The van der Waals surface area contributed by atoms with Crippen molar-refractivity contribution >= 4 is 22.9 Å². The standard InChI is InChI=1S/C12H12N6O/c1-7-6-18(2)17-10(7)11(19)16-12-14-8-3-4-13-5-9(8)15-12/h3-6H,1-2H3,(H2,14,15,16,19). The first-order chi connectivity index (χ1) is 9.13. The van der Waals surface area contributed by atoms with Gasteiger partial charge in [-0.25, -0.2) is 4.98 Å². The Morgan fingerprint density at radius 2 is 2.32 bits per heavy atom. The Bertz CT molecular complexity index is 724. The highest BCUT2D eigenvalue weighted by Crippen LogP contribution is 2.13. The van der Waals surface area contributed by atoms with Crippen molar-refractivity contribution in [1.29, 1.82) is 0 Å². The molecule has 96 valence electrons.